The van der Waals surface area contributed by atoms with E-state index in [1.54, 1.807) is 0 Å². The molecule has 6 heteroatoms. The van der Waals surface area contributed by atoms with Crippen LogP contribution in [0.15, 0.2) is 60.7 Å². The number of pyridine rings is 1. The smallest absolute Gasteiger partial charge is 0.158 e. The van der Waals surface area contributed by atoms with Crippen LogP contribution < -0.4 is 5.73 Å². The van der Waals surface area contributed by atoms with E-state index in [0.29, 0.717) is 11.5 Å². The summed E-state index contributed by atoms with van der Waals surface area (Å²) in [4.78, 5) is 7.23. The number of hydrogen-bond acceptors (Lipinski definition) is 5. The van der Waals surface area contributed by atoms with Gasteiger partial charge < -0.3 is 10.5 Å². The van der Waals surface area contributed by atoms with Crippen molar-refractivity contribution >= 4 is 16.9 Å². The first-order valence-corrected chi connectivity index (χ1v) is 9.87. The number of aromatic amines is 1. The quantitative estimate of drug-likeness (QED) is 0.560. The third-order valence-electron chi connectivity index (χ3n) is 5.38. The van der Waals surface area contributed by atoms with Crippen molar-refractivity contribution in [1.29, 1.82) is 0 Å². The lowest BCUT2D eigenvalue weighted by molar-refractivity contribution is 0.0342. The lowest BCUT2D eigenvalue weighted by Crippen LogP contribution is -2.35. The number of ether oxygens (including phenoxy) is 1. The average Bonchev–Trinajstić information content (AvgIpc) is 3.15. The van der Waals surface area contributed by atoms with Crippen molar-refractivity contribution in [3.63, 3.8) is 0 Å². The minimum absolute atomic E-state index is 0.471. The number of morpholine rings is 1. The summed E-state index contributed by atoms with van der Waals surface area (Å²) in [5.41, 5.74) is 12.2. The first-order valence-electron chi connectivity index (χ1n) is 9.87. The highest BCUT2D eigenvalue weighted by molar-refractivity contribution is 6.01. The van der Waals surface area contributed by atoms with Gasteiger partial charge in [0.15, 0.2) is 11.5 Å². The van der Waals surface area contributed by atoms with Crippen LogP contribution in [0.5, 0.6) is 0 Å². The zero-order chi connectivity index (χ0) is 19.6. The number of aromatic nitrogens is 3. The summed E-state index contributed by atoms with van der Waals surface area (Å²) in [6, 6.07) is 20.9. The predicted octanol–water partition coefficient (Wildman–Crippen LogP) is 3.71. The fourth-order valence-corrected chi connectivity index (χ4v) is 3.89. The molecule has 0 unspecified atom stereocenters. The topological polar surface area (TPSA) is 80.1 Å². The van der Waals surface area contributed by atoms with Gasteiger partial charge in [-0.2, -0.15) is 5.10 Å². The minimum Gasteiger partial charge on any atom is -0.382 e. The van der Waals surface area contributed by atoms with Crippen molar-refractivity contribution in [1.82, 2.24) is 20.1 Å². The predicted molar refractivity (Wildman–Crippen MR) is 115 cm³/mol. The molecule has 1 aliphatic rings. The zero-order valence-electron chi connectivity index (χ0n) is 16.1. The molecule has 3 heterocycles. The number of rotatable bonds is 4. The van der Waals surface area contributed by atoms with Crippen molar-refractivity contribution in [2.45, 2.75) is 6.54 Å². The summed E-state index contributed by atoms with van der Waals surface area (Å²) in [5, 5.41) is 8.03. The maximum Gasteiger partial charge on any atom is 0.158 e. The van der Waals surface area contributed by atoms with Gasteiger partial charge in [-0.3, -0.25) is 10.00 Å². The SMILES string of the molecule is Nc1n[nH]c2nc(-c3cccc(CN4CCOCC4)c3)cc(-c3ccccc3)c12. The van der Waals surface area contributed by atoms with Crippen LogP contribution in [0.4, 0.5) is 5.82 Å². The fourth-order valence-electron chi connectivity index (χ4n) is 3.89. The first kappa shape index (κ1) is 17.8. The van der Waals surface area contributed by atoms with Crippen LogP contribution in [0.25, 0.3) is 33.4 Å². The fraction of sp³-hybridized carbons (Fsp3) is 0.217. The monoisotopic (exact) mass is 385 g/mol. The van der Waals surface area contributed by atoms with E-state index in [1.807, 2.05) is 18.2 Å². The highest BCUT2D eigenvalue weighted by Crippen LogP contribution is 2.34. The number of fused-ring (bicyclic) bond motifs is 1. The van der Waals surface area contributed by atoms with Crippen molar-refractivity contribution < 1.29 is 4.74 Å². The molecule has 146 valence electrons. The van der Waals surface area contributed by atoms with Gasteiger partial charge in [0.25, 0.3) is 0 Å². The van der Waals surface area contributed by atoms with Crippen molar-refractivity contribution in [2.24, 2.45) is 0 Å². The molecular formula is C23H23N5O. The van der Waals surface area contributed by atoms with Gasteiger partial charge >= 0.3 is 0 Å². The van der Waals surface area contributed by atoms with E-state index in [0.717, 1.165) is 60.6 Å². The molecule has 0 radical (unpaired) electrons. The summed E-state index contributed by atoms with van der Waals surface area (Å²) >= 11 is 0. The van der Waals surface area contributed by atoms with Gasteiger partial charge in [0, 0.05) is 25.2 Å². The third kappa shape index (κ3) is 3.60. The van der Waals surface area contributed by atoms with Gasteiger partial charge in [0.05, 0.1) is 24.3 Å². The normalized spacial score (nSPS) is 15.0. The van der Waals surface area contributed by atoms with Crippen LogP contribution in [0.3, 0.4) is 0 Å². The Labute approximate surface area is 169 Å². The highest BCUT2D eigenvalue weighted by atomic mass is 16.5. The molecule has 1 aliphatic heterocycles. The molecular weight excluding hydrogens is 362 g/mol. The number of anilines is 1. The number of nitrogen functional groups attached to an aromatic ring is 1. The molecule has 0 spiro atoms. The Hall–Kier alpha value is -3.22. The van der Waals surface area contributed by atoms with Gasteiger partial charge in [-0.15, -0.1) is 0 Å². The van der Waals surface area contributed by atoms with E-state index in [1.165, 1.54) is 5.56 Å². The number of nitrogens with one attached hydrogen (secondary N) is 1. The molecule has 0 bridgehead atoms. The summed E-state index contributed by atoms with van der Waals surface area (Å²) in [6.45, 7) is 4.47. The Bertz CT molecular complexity index is 1130. The standard InChI is InChI=1S/C23H23N5O/c24-22-21-19(17-6-2-1-3-7-17)14-20(25-23(21)27-26-22)18-8-4-5-16(13-18)15-28-9-11-29-12-10-28/h1-8,13-14H,9-12,15H2,(H3,24,25,26,27). The van der Waals surface area contributed by atoms with Gasteiger partial charge in [-0.25, -0.2) is 4.98 Å². The summed E-state index contributed by atoms with van der Waals surface area (Å²) < 4.78 is 5.46. The van der Waals surface area contributed by atoms with Crippen LogP contribution in [0.1, 0.15) is 5.56 Å². The molecule has 4 aromatic rings. The Kier molecular flexibility index (Phi) is 4.71. The lowest BCUT2D eigenvalue weighted by atomic mass is 9.99. The number of nitrogens with zero attached hydrogens (tertiary/aromatic N) is 3. The molecule has 2 aromatic heterocycles. The van der Waals surface area contributed by atoms with Crippen LogP contribution in [-0.4, -0.2) is 46.4 Å². The minimum atomic E-state index is 0.471. The summed E-state index contributed by atoms with van der Waals surface area (Å²) in [6.07, 6.45) is 0. The lowest BCUT2D eigenvalue weighted by Gasteiger charge is -2.26. The van der Waals surface area contributed by atoms with Crippen LogP contribution in [0.2, 0.25) is 0 Å². The third-order valence-corrected chi connectivity index (χ3v) is 5.38. The Morgan fingerprint density at radius 1 is 0.966 bits per heavy atom. The molecule has 1 fully saturated rings. The van der Waals surface area contributed by atoms with E-state index >= 15 is 0 Å². The molecule has 0 atom stereocenters. The van der Waals surface area contributed by atoms with Gasteiger partial charge in [-0.1, -0.05) is 48.5 Å². The molecule has 6 nitrogen and oxygen atoms in total. The van der Waals surface area contributed by atoms with Crippen molar-refractivity contribution in [2.75, 3.05) is 32.0 Å². The van der Waals surface area contributed by atoms with Crippen LogP contribution in [0, 0.1) is 0 Å². The second-order valence-electron chi connectivity index (χ2n) is 7.34. The molecule has 0 amide bonds. The van der Waals surface area contributed by atoms with Crippen LogP contribution in [-0.2, 0) is 11.3 Å². The molecule has 3 N–H and O–H groups in total. The maximum absolute atomic E-state index is 6.13. The summed E-state index contributed by atoms with van der Waals surface area (Å²) in [7, 11) is 0. The first-order chi connectivity index (χ1) is 14.3. The van der Waals surface area contributed by atoms with E-state index in [-0.39, 0.29) is 0 Å². The van der Waals surface area contributed by atoms with Crippen LogP contribution >= 0.6 is 0 Å². The number of hydrogen-bond donors (Lipinski definition) is 2. The number of nitrogens with two attached hydrogens (primary N) is 1. The molecule has 1 saturated heterocycles. The van der Waals surface area contributed by atoms with Gasteiger partial charge in [-0.05, 0) is 28.8 Å². The maximum atomic E-state index is 6.13. The number of benzene rings is 2. The van der Waals surface area contributed by atoms with E-state index in [2.05, 4.69) is 57.6 Å². The largest absolute Gasteiger partial charge is 0.382 e. The van der Waals surface area contributed by atoms with Gasteiger partial charge in [0.2, 0.25) is 0 Å². The highest BCUT2D eigenvalue weighted by Gasteiger charge is 2.15. The van der Waals surface area contributed by atoms with E-state index < -0.39 is 0 Å². The Morgan fingerprint density at radius 3 is 2.59 bits per heavy atom. The molecule has 0 aliphatic carbocycles. The van der Waals surface area contributed by atoms with Crippen molar-refractivity contribution in [3.05, 3.63) is 66.2 Å². The van der Waals surface area contributed by atoms with E-state index in [9.17, 15) is 0 Å². The number of H-pyrrole nitrogens is 1. The molecule has 29 heavy (non-hydrogen) atoms. The zero-order valence-corrected chi connectivity index (χ0v) is 16.1. The van der Waals surface area contributed by atoms with Crippen molar-refractivity contribution in [3.8, 4) is 22.4 Å². The molecule has 2 aromatic carbocycles. The van der Waals surface area contributed by atoms with Gasteiger partial charge in [0.1, 0.15) is 0 Å². The Balaban J connectivity index is 1.56. The summed E-state index contributed by atoms with van der Waals surface area (Å²) in [5.74, 6) is 0.471. The molecule has 0 saturated carbocycles. The molecule has 5 rings (SSSR count). The second kappa shape index (κ2) is 7.66. The second-order valence-corrected chi connectivity index (χ2v) is 7.34. The average molecular weight is 385 g/mol. The van der Waals surface area contributed by atoms with E-state index in [4.69, 9.17) is 15.5 Å². The Morgan fingerprint density at radius 2 is 1.76 bits per heavy atom.